The van der Waals surface area contributed by atoms with Crippen molar-refractivity contribution in [2.75, 3.05) is 77.6 Å². The molecule has 0 aliphatic carbocycles. The number of sulfonamides is 1. The molecule has 54 heavy (non-hydrogen) atoms. The van der Waals surface area contributed by atoms with E-state index in [2.05, 4.69) is 33.1 Å². The van der Waals surface area contributed by atoms with Gasteiger partial charge >= 0.3 is 6.03 Å². The van der Waals surface area contributed by atoms with Crippen LogP contribution in [-0.2, 0) is 25.1 Å². The molecule has 0 saturated carbocycles. The minimum atomic E-state index is -4.71. The van der Waals surface area contributed by atoms with Gasteiger partial charge in [0.2, 0.25) is 5.88 Å². The zero-order valence-electron chi connectivity index (χ0n) is 30.9. The number of aromatic nitrogens is 1. The van der Waals surface area contributed by atoms with Gasteiger partial charge in [-0.05, 0) is 69.2 Å². The van der Waals surface area contributed by atoms with Crippen LogP contribution in [0.5, 0.6) is 17.4 Å². The summed E-state index contributed by atoms with van der Waals surface area (Å²) >= 11 is 0. The molecule has 0 bridgehead atoms. The molecule has 3 fully saturated rings. The summed E-state index contributed by atoms with van der Waals surface area (Å²) in [5.74, 6) is -0.671. The quantitative estimate of drug-likeness (QED) is 0.322. The number of hydrogen-bond acceptors (Lipinski definition) is 12. The molecule has 1 unspecified atom stereocenters. The highest BCUT2D eigenvalue weighted by Crippen LogP contribution is 2.50. The van der Waals surface area contributed by atoms with Gasteiger partial charge in [0.15, 0.2) is 5.54 Å². The van der Waals surface area contributed by atoms with Crippen molar-refractivity contribution in [2.24, 2.45) is 0 Å². The number of piperazine rings is 1. The number of anilines is 1. The third kappa shape index (κ3) is 6.28. The topological polar surface area (TPSA) is 167 Å². The molecule has 3 amide bonds. The van der Waals surface area contributed by atoms with E-state index in [9.17, 15) is 18.5 Å². The van der Waals surface area contributed by atoms with E-state index in [4.69, 9.17) is 18.9 Å². The van der Waals surface area contributed by atoms with E-state index in [1.165, 1.54) is 56.8 Å². The molecular formula is C38H45N7O8S. The number of nitrogens with one attached hydrogen (secondary N) is 1. The number of urea groups is 1. The van der Waals surface area contributed by atoms with E-state index in [0.717, 1.165) is 39.1 Å². The van der Waals surface area contributed by atoms with E-state index in [1.54, 1.807) is 24.0 Å². The van der Waals surface area contributed by atoms with Crippen molar-refractivity contribution >= 4 is 27.6 Å². The molecule has 1 aromatic heterocycles. The van der Waals surface area contributed by atoms with Crippen LogP contribution in [0, 0.1) is 11.3 Å². The van der Waals surface area contributed by atoms with Gasteiger partial charge in [0.05, 0.1) is 62.5 Å². The number of nitriles is 1. The number of likely N-dealkylation sites (tertiary alicyclic amines) is 1. The number of ether oxygens (including phenoxy) is 4. The number of piperidine rings is 1. The first kappa shape index (κ1) is 37.4. The maximum Gasteiger partial charge on any atom is 0.318 e. The molecule has 1 N–H and O–H groups in total. The number of carbonyl (C=O) groups excluding carboxylic acids is 2. The van der Waals surface area contributed by atoms with Crippen molar-refractivity contribution in [2.45, 2.75) is 48.7 Å². The SMILES string of the molecule is CCOc1ncccc1C1(NC(=O)N2CCN(C3CCN(C4(C)COC4)CC3)CC2)C(=O)N(S(=O)(=O)c2ccc(OC)cc2OC)c2ccc(C#N)cc21. The van der Waals surface area contributed by atoms with Crippen LogP contribution < -0.4 is 23.8 Å². The zero-order chi connectivity index (χ0) is 38.3. The molecule has 5 heterocycles. The molecule has 1 atom stereocenters. The molecule has 4 aliphatic rings. The van der Waals surface area contributed by atoms with Crippen molar-refractivity contribution in [3.05, 3.63) is 71.4 Å². The van der Waals surface area contributed by atoms with Gasteiger partial charge in [0.25, 0.3) is 15.9 Å². The normalized spacial score (nSPS) is 21.9. The smallest absolute Gasteiger partial charge is 0.318 e. The Kier molecular flexibility index (Phi) is 10.2. The van der Waals surface area contributed by atoms with E-state index in [-0.39, 0.29) is 51.0 Å². The average molecular weight is 760 g/mol. The fourth-order valence-electron chi connectivity index (χ4n) is 8.04. The van der Waals surface area contributed by atoms with Crippen LogP contribution in [0.2, 0.25) is 0 Å². The fraction of sp³-hybridized carbons (Fsp3) is 0.474. The lowest BCUT2D eigenvalue weighted by Crippen LogP contribution is -2.64. The zero-order valence-corrected chi connectivity index (χ0v) is 31.7. The number of amides is 3. The number of nitrogens with zero attached hydrogens (tertiary/aromatic N) is 6. The van der Waals surface area contributed by atoms with E-state index < -0.39 is 27.5 Å². The summed E-state index contributed by atoms with van der Waals surface area (Å²) in [4.78, 5) is 40.4. The lowest BCUT2D eigenvalue weighted by Gasteiger charge is -2.51. The predicted octanol–water partition coefficient (Wildman–Crippen LogP) is 2.93. The lowest BCUT2D eigenvalue weighted by atomic mass is 9.83. The van der Waals surface area contributed by atoms with E-state index >= 15 is 4.79 Å². The van der Waals surface area contributed by atoms with Gasteiger partial charge in [-0.15, -0.1) is 0 Å². The van der Waals surface area contributed by atoms with Gasteiger partial charge in [-0.2, -0.15) is 9.57 Å². The Morgan fingerprint density at radius 1 is 1.02 bits per heavy atom. The Morgan fingerprint density at radius 3 is 2.39 bits per heavy atom. The maximum absolute atomic E-state index is 15.2. The Morgan fingerprint density at radius 2 is 1.76 bits per heavy atom. The van der Waals surface area contributed by atoms with Gasteiger partial charge in [-0.3, -0.25) is 14.6 Å². The summed E-state index contributed by atoms with van der Waals surface area (Å²) in [6.45, 7) is 9.77. The van der Waals surface area contributed by atoms with E-state index in [1.807, 2.05) is 0 Å². The lowest BCUT2D eigenvalue weighted by molar-refractivity contribution is -0.139. The monoisotopic (exact) mass is 759 g/mol. The molecule has 4 aliphatic heterocycles. The molecule has 3 saturated heterocycles. The summed E-state index contributed by atoms with van der Waals surface area (Å²) in [5, 5.41) is 13.0. The van der Waals surface area contributed by atoms with Gasteiger partial charge in [0.1, 0.15) is 16.4 Å². The Hall–Kier alpha value is -4.95. The fourth-order valence-corrected chi connectivity index (χ4v) is 9.65. The Balaban J connectivity index is 1.23. The standard InChI is InChI=1S/C38H45N7O8S/c1-5-53-34-29(7-6-14-40-34)38(41-36(47)43-19-17-42(18-20-43)27-12-15-44(16-13-27)37(2)24-52-25-37)30-21-26(23-39)8-10-31(30)45(35(38)46)54(48,49)33-11-9-28(50-3)22-32(33)51-4/h6-11,14,21-22,27H,5,12-13,15-20,24-25H2,1-4H3,(H,41,47). The molecule has 286 valence electrons. The van der Waals surface area contributed by atoms with Gasteiger partial charge < -0.3 is 29.2 Å². The average Bonchev–Trinajstić information content (AvgIpc) is 3.44. The summed E-state index contributed by atoms with van der Waals surface area (Å²) in [6, 6.07) is 13.5. The summed E-state index contributed by atoms with van der Waals surface area (Å²) < 4.78 is 52.1. The minimum Gasteiger partial charge on any atom is -0.497 e. The van der Waals surface area contributed by atoms with Crippen molar-refractivity contribution in [1.82, 2.24) is 25.0 Å². The minimum absolute atomic E-state index is 0.0294. The second-order valence-electron chi connectivity index (χ2n) is 14.1. The van der Waals surface area contributed by atoms with Gasteiger partial charge in [0, 0.05) is 63.1 Å². The number of rotatable bonds is 10. The highest BCUT2D eigenvalue weighted by Gasteiger charge is 2.59. The second-order valence-corrected chi connectivity index (χ2v) is 15.9. The highest BCUT2D eigenvalue weighted by molar-refractivity contribution is 7.93. The summed E-state index contributed by atoms with van der Waals surface area (Å²) in [6.07, 6.45) is 3.54. The first-order valence-corrected chi connectivity index (χ1v) is 19.5. The third-order valence-corrected chi connectivity index (χ3v) is 12.8. The molecule has 0 radical (unpaired) electrons. The third-order valence-electron chi connectivity index (χ3n) is 11.1. The van der Waals surface area contributed by atoms with Crippen LogP contribution >= 0.6 is 0 Å². The van der Waals surface area contributed by atoms with Crippen LogP contribution in [-0.4, -0.2) is 125 Å². The number of hydrogen-bond donors (Lipinski definition) is 1. The van der Waals surface area contributed by atoms with Crippen molar-refractivity contribution < 1.29 is 37.0 Å². The Labute approximate surface area is 315 Å². The van der Waals surface area contributed by atoms with Crippen LogP contribution in [0.4, 0.5) is 10.5 Å². The first-order chi connectivity index (χ1) is 26.0. The van der Waals surface area contributed by atoms with Crippen LogP contribution in [0.15, 0.2) is 59.6 Å². The molecule has 16 heteroatoms. The van der Waals surface area contributed by atoms with Crippen LogP contribution in [0.1, 0.15) is 43.4 Å². The molecule has 15 nitrogen and oxygen atoms in total. The molecule has 0 spiro atoms. The van der Waals surface area contributed by atoms with Crippen molar-refractivity contribution in [3.63, 3.8) is 0 Å². The molecule has 7 rings (SSSR count). The number of pyridine rings is 1. The highest BCUT2D eigenvalue weighted by atomic mass is 32.2. The molecular weight excluding hydrogens is 715 g/mol. The number of fused-ring (bicyclic) bond motifs is 1. The first-order valence-electron chi connectivity index (χ1n) is 18.1. The summed E-state index contributed by atoms with van der Waals surface area (Å²) in [5.41, 5.74) is -1.72. The molecule has 3 aromatic rings. The number of benzene rings is 2. The second kappa shape index (κ2) is 14.7. The maximum atomic E-state index is 15.2. The van der Waals surface area contributed by atoms with Gasteiger partial charge in [-0.1, -0.05) is 0 Å². The summed E-state index contributed by atoms with van der Waals surface area (Å²) in [7, 11) is -1.96. The molecule has 2 aromatic carbocycles. The van der Waals surface area contributed by atoms with Crippen LogP contribution in [0.25, 0.3) is 0 Å². The number of carbonyl (C=O) groups is 2. The van der Waals surface area contributed by atoms with Crippen molar-refractivity contribution in [3.8, 4) is 23.4 Å². The van der Waals surface area contributed by atoms with E-state index in [0.29, 0.717) is 42.3 Å². The van der Waals surface area contributed by atoms with Crippen molar-refractivity contribution in [1.29, 1.82) is 5.26 Å². The Bertz CT molecular complexity index is 2070. The van der Waals surface area contributed by atoms with Gasteiger partial charge in [-0.25, -0.2) is 18.2 Å². The predicted molar refractivity (Wildman–Crippen MR) is 197 cm³/mol. The van der Waals surface area contributed by atoms with Crippen LogP contribution in [0.3, 0.4) is 0 Å². The number of methoxy groups -OCH3 is 2. The largest absolute Gasteiger partial charge is 0.497 e.